The van der Waals surface area contributed by atoms with Gasteiger partial charge in [0.05, 0.1) is 11.4 Å². The maximum Gasteiger partial charge on any atom is 0.224 e. The van der Waals surface area contributed by atoms with Crippen molar-refractivity contribution in [2.45, 2.75) is 26.7 Å². The Hall–Kier alpha value is -2.96. The standard InChI is InChI=1S/C18H19F2N3O2/c1-3-4-18(25)21-13-6-8-17(24)14(10-13)11(2)22-23-16-7-5-12(19)9-15(16)20/h5-10,23-24H,3-4H2,1-2H3,(H,21,25)/b22-11+. The first kappa shape index (κ1) is 18.4. The van der Waals surface area contributed by atoms with Crippen molar-refractivity contribution >= 4 is 23.0 Å². The highest BCUT2D eigenvalue weighted by Gasteiger charge is 2.09. The molecule has 3 N–H and O–H groups in total. The smallest absolute Gasteiger partial charge is 0.224 e. The Morgan fingerprint density at radius 3 is 2.64 bits per heavy atom. The maximum atomic E-state index is 13.6. The summed E-state index contributed by atoms with van der Waals surface area (Å²) in [6.45, 7) is 3.51. The molecule has 2 aromatic carbocycles. The second-order valence-electron chi connectivity index (χ2n) is 5.46. The number of phenols is 1. The van der Waals surface area contributed by atoms with Crippen molar-refractivity contribution in [2.75, 3.05) is 10.7 Å². The van der Waals surface area contributed by atoms with E-state index in [2.05, 4.69) is 15.8 Å². The minimum absolute atomic E-state index is 0.00708. The van der Waals surface area contributed by atoms with E-state index in [1.807, 2.05) is 6.92 Å². The van der Waals surface area contributed by atoms with Crippen LogP contribution in [0.5, 0.6) is 5.75 Å². The molecule has 0 unspecified atom stereocenters. The zero-order valence-electron chi connectivity index (χ0n) is 13.9. The van der Waals surface area contributed by atoms with Gasteiger partial charge >= 0.3 is 0 Å². The van der Waals surface area contributed by atoms with Crippen molar-refractivity contribution in [2.24, 2.45) is 5.10 Å². The van der Waals surface area contributed by atoms with Crippen LogP contribution in [0.15, 0.2) is 41.5 Å². The number of nitrogens with one attached hydrogen (secondary N) is 2. The van der Waals surface area contributed by atoms with Crippen LogP contribution in [0.25, 0.3) is 0 Å². The number of carbonyl (C=O) groups is 1. The number of hydrazone groups is 1. The van der Waals surface area contributed by atoms with Crippen molar-refractivity contribution in [1.29, 1.82) is 0 Å². The van der Waals surface area contributed by atoms with Crippen molar-refractivity contribution in [1.82, 2.24) is 0 Å². The van der Waals surface area contributed by atoms with Crippen LogP contribution in [0.2, 0.25) is 0 Å². The Kier molecular flexibility index (Phi) is 6.05. The molecule has 7 heteroatoms. The molecular formula is C18H19F2N3O2. The molecule has 0 aliphatic carbocycles. The topological polar surface area (TPSA) is 73.7 Å². The number of benzene rings is 2. The van der Waals surface area contributed by atoms with E-state index in [0.29, 0.717) is 23.4 Å². The molecule has 0 radical (unpaired) electrons. The fraction of sp³-hybridized carbons (Fsp3) is 0.222. The summed E-state index contributed by atoms with van der Waals surface area (Å²) in [4.78, 5) is 11.7. The summed E-state index contributed by atoms with van der Waals surface area (Å²) in [5.41, 5.74) is 3.77. The van der Waals surface area contributed by atoms with Crippen molar-refractivity contribution < 1.29 is 18.7 Å². The van der Waals surface area contributed by atoms with Gasteiger partial charge in [0.1, 0.15) is 11.6 Å². The van der Waals surface area contributed by atoms with Gasteiger partial charge in [-0.25, -0.2) is 8.78 Å². The largest absolute Gasteiger partial charge is 0.507 e. The molecule has 5 nitrogen and oxygen atoms in total. The van der Waals surface area contributed by atoms with Crippen LogP contribution in [-0.2, 0) is 4.79 Å². The highest BCUT2D eigenvalue weighted by molar-refractivity contribution is 6.03. The number of hydrogen-bond acceptors (Lipinski definition) is 4. The Morgan fingerprint density at radius 2 is 1.96 bits per heavy atom. The van der Waals surface area contributed by atoms with Crippen molar-refractivity contribution in [3.63, 3.8) is 0 Å². The summed E-state index contributed by atoms with van der Waals surface area (Å²) >= 11 is 0. The molecule has 0 spiro atoms. The number of rotatable bonds is 6. The van der Waals surface area contributed by atoms with Gasteiger partial charge in [0, 0.05) is 23.7 Å². The van der Waals surface area contributed by atoms with E-state index < -0.39 is 11.6 Å². The summed E-state index contributed by atoms with van der Waals surface area (Å²) in [5.74, 6) is -1.62. The summed E-state index contributed by atoms with van der Waals surface area (Å²) in [5, 5.41) is 16.7. The number of aromatic hydroxyl groups is 1. The SMILES string of the molecule is CCCC(=O)Nc1ccc(O)c(/C(C)=N/Nc2ccc(F)cc2F)c1. The fourth-order valence-corrected chi connectivity index (χ4v) is 2.14. The number of phenolic OH excluding ortho intramolecular Hbond substituents is 1. The molecule has 0 saturated carbocycles. The first-order chi connectivity index (χ1) is 11.9. The highest BCUT2D eigenvalue weighted by atomic mass is 19.1. The predicted octanol–water partition coefficient (Wildman–Crippen LogP) is 4.25. The van der Waals surface area contributed by atoms with Crippen LogP contribution in [0.4, 0.5) is 20.2 Å². The molecule has 25 heavy (non-hydrogen) atoms. The van der Waals surface area contributed by atoms with Gasteiger partial charge in [0.25, 0.3) is 0 Å². The zero-order valence-corrected chi connectivity index (χ0v) is 13.9. The van der Waals surface area contributed by atoms with E-state index in [1.54, 1.807) is 19.1 Å². The van der Waals surface area contributed by atoms with E-state index in [9.17, 15) is 18.7 Å². The molecule has 0 aliphatic heterocycles. The lowest BCUT2D eigenvalue weighted by molar-refractivity contribution is -0.116. The lowest BCUT2D eigenvalue weighted by atomic mass is 10.1. The monoisotopic (exact) mass is 347 g/mol. The van der Waals surface area contributed by atoms with Crippen LogP contribution < -0.4 is 10.7 Å². The summed E-state index contributed by atoms with van der Waals surface area (Å²) in [7, 11) is 0. The Labute approximate surface area is 144 Å². The molecule has 0 heterocycles. The van der Waals surface area contributed by atoms with Gasteiger partial charge in [0.15, 0.2) is 5.82 Å². The molecule has 2 aromatic rings. The second kappa shape index (κ2) is 8.23. The summed E-state index contributed by atoms with van der Waals surface area (Å²) in [6.07, 6.45) is 1.12. The molecule has 0 saturated heterocycles. The molecule has 0 aromatic heterocycles. The quantitative estimate of drug-likeness (QED) is 0.416. The van der Waals surface area contributed by atoms with Gasteiger partial charge in [-0.05, 0) is 43.7 Å². The third-order valence-corrected chi connectivity index (χ3v) is 3.42. The second-order valence-corrected chi connectivity index (χ2v) is 5.46. The molecule has 0 fully saturated rings. The number of carbonyl (C=O) groups excluding carboxylic acids is 1. The summed E-state index contributed by atoms with van der Waals surface area (Å²) in [6, 6.07) is 7.67. The zero-order chi connectivity index (χ0) is 18.4. The number of hydrogen-bond donors (Lipinski definition) is 3. The van der Waals surface area contributed by atoms with Crippen LogP contribution >= 0.6 is 0 Å². The van der Waals surface area contributed by atoms with Crippen LogP contribution in [0.1, 0.15) is 32.3 Å². The fourth-order valence-electron chi connectivity index (χ4n) is 2.14. The van der Waals surface area contributed by atoms with Crippen LogP contribution in [-0.4, -0.2) is 16.7 Å². The third kappa shape index (κ3) is 5.00. The average molecular weight is 347 g/mol. The molecule has 1 amide bonds. The first-order valence-corrected chi connectivity index (χ1v) is 7.79. The number of nitrogens with zero attached hydrogens (tertiary/aromatic N) is 1. The summed E-state index contributed by atoms with van der Waals surface area (Å²) < 4.78 is 26.5. The van der Waals surface area contributed by atoms with Crippen LogP contribution in [0.3, 0.4) is 0 Å². The predicted molar refractivity (Wildman–Crippen MR) is 93.8 cm³/mol. The number of amides is 1. The Morgan fingerprint density at radius 1 is 1.20 bits per heavy atom. The van der Waals surface area contributed by atoms with E-state index in [4.69, 9.17) is 0 Å². The Balaban J connectivity index is 2.19. The van der Waals surface area contributed by atoms with Crippen molar-refractivity contribution in [3.05, 3.63) is 53.6 Å². The first-order valence-electron chi connectivity index (χ1n) is 7.79. The van der Waals surface area contributed by atoms with Gasteiger partial charge < -0.3 is 10.4 Å². The number of halogens is 2. The molecule has 132 valence electrons. The molecular weight excluding hydrogens is 328 g/mol. The van der Waals surface area contributed by atoms with Gasteiger partial charge in [-0.3, -0.25) is 10.2 Å². The molecule has 0 atom stereocenters. The normalized spacial score (nSPS) is 11.3. The van der Waals surface area contributed by atoms with Gasteiger partial charge in [-0.2, -0.15) is 5.10 Å². The van der Waals surface area contributed by atoms with Gasteiger partial charge in [-0.1, -0.05) is 6.92 Å². The van der Waals surface area contributed by atoms with E-state index in [0.717, 1.165) is 18.6 Å². The van der Waals surface area contributed by atoms with Gasteiger partial charge in [-0.15, -0.1) is 0 Å². The van der Waals surface area contributed by atoms with E-state index >= 15 is 0 Å². The number of anilines is 2. The highest BCUT2D eigenvalue weighted by Crippen LogP contribution is 2.23. The van der Waals surface area contributed by atoms with Crippen molar-refractivity contribution in [3.8, 4) is 5.75 Å². The average Bonchev–Trinajstić information content (AvgIpc) is 2.55. The molecule has 2 rings (SSSR count). The minimum Gasteiger partial charge on any atom is -0.507 e. The lowest BCUT2D eigenvalue weighted by Crippen LogP contribution is -2.11. The lowest BCUT2D eigenvalue weighted by Gasteiger charge is -2.10. The molecule has 0 bridgehead atoms. The van der Waals surface area contributed by atoms with E-state index in [-0.39, 0.29) is 17.3 Å². The minimum atomic E-state index is -0.777. The molecule has 0 aliphatic rings. The van der Waals surface area contributed by atoms with Gasteiger partial charge in [0.2, 0.25) is 5.91 Å². The Bertz CT molecular complexity index is 807. The maximum absolute atomic E-state index is 13.6. The van der Waals surface area contributed by atoms with E-state index in [1.165, 1.54) is 12.1 Å². The third-order valence-electron chi connectivity index (χ3n) is 3.42. The van der Waals surface area contributed by atoms with Crippen LogP contribution in [0, 0.1) is 11.6 Å².